The lowest BCUT2D eigenvalue weighted by Gasteiger charge is -2.48. The number of hydrogen-bond acceptors (Lipinski definition) is 18. The molecule has 0 saturated carbocycles. The maximum atomic E-state index is 13.2. The van der Waals surface area contributed by atoms with Gasteiger partial charge in [0.2, 0.25) is 5.91 Å². The number of aliphatic hydroxyl groups excluding tert-OH is 11. The highest BCUT2D eigenvalue weighted by Gasteiger charge is 2.53. The second kappa shape index (κ2) is 36.3. The number of rotatable bonds is 37. The molecule has 17 unspecified atom stereocenters. The molecule has 3 saturated heterocycles. The molecule has 3 heterocycles. The van der Waals surface area contributed by atoms with E-state index < -0.39 is 124 Å². The van der Waals surface area contributed by atoms with Crippen molar-refractivity contribution < 1.29 is 89.4 Å². The van der Waals surface area contributed by atoms with Gasteiger partial charge in [-0.15, -0.1) is 0 Å². The standard InChI is InChI=1S/C51H93NO18/c1-3-5-7-9-11-12-13-14-15-16-17-18-19-20-21-22-23-25-27-29-39(57)52-34(35(56)28-26-24-10-8-6-4-2)33-65-49-45(63)42(60)47(37(31-54)67-49)70-51-46(64)43(61)48(38(32-55)68-51)69-50-44(62)41(59)40(58)36(30-53)66-50/h11-12,14-15,34-38,40-51,53-56,58-64H,3-10,13,16-33H2,1-2H3,(H,52,57)/b12-11-,15-14-. The zero-order chi connectivity index (χ0) is 51.3. The number of allylic oxidation sites excluding steroid dienone is 4. The molecule has 0 aromatic rings. The fourth-order valence-corrected chi connectivity index (χ4v) is 9.05. The van der Waals surface area contributed by atoms with Gasteiger partial charge in [-0.1, -0.05) is 134 Å². The van der Waals surface area contributed by atoms with E-state index in [2.05, 4.69) is 43.5 Å². The van der Waals surface area contributed by atoms with Crippen molar-refractivity contribution >= 4 is 5.91 Å². The Morgan fingerprint density at radius 3 is 1.49 bits per heavy atom. The summed E-state index contributed by atoms with van der Waals surface area (Å²) in [6.45, 7) is 1.65. The maximum absolute atomic E-state index is 13.2. The summed E-state index contributed by atoms with van der Waals surface area (Å²) in [5.41, 5.74) is 0. The first-order valence-electron chi connectivity index (χ1n) is 26.6. The summed E-state index contributed by atoms with van der Waals surface area (Å²) >= 11 is 0. The van der Waals surface area contributed by atoms with E-state index in [9.17, 15) is 61.0 Å². The molecule has 3 aliphatic rings. The molecule has 0 spiro atoms. The highest BCUT2D eigenvalue weighted by molar-refractivity contribution is 5.76. The summed E-state index contributed by atoms with van der Waals surface area (Å²) < 4.78 is 34.1. The molecule has 19 heteroatoms. The summed E-state index contributed by atoms with van der Waals surface area (Å²) in [7, 11) is 0. The Hall–Kier alpha value is -1.73. The predicted octanol–water partition coefficient (Wildman–Crippen LogP) is 2.42. The highest BCUT2D eigenvalue weighted by Crippen LogP contribution is 2.33. The summed E-state index contributed by atoms with van der Waals surface area (Å²) in [6, 6.07) is -0.883. The molecule has 410 valence electrons. The van der Waals surface area contributed by atoms with Crippen molar-refractivity contribution in [2.45, 2.75) is 266 Å². The first-order chi connectivity index (χ1) is 33.8. The van der Waals surface area contributed by atoms with Crippen molar-refractivity contribution in [3.63, 3.8) is 0 Å². The minimum absolute atomic E-state index is 0.255. The van der Waals surface area contributed by atoms with Crippen LogP contribution in [-0.4, -0.2) is 193 Å². The molecule has 0 aromatic carbocycles. The molecule has 0 aromatic heterocycles. The van der Waals surface area contributed by atoms with Crippen LogP contribution in [0.25, 0.3) is 0 Å². The van der Waals surface area contributed by atoms with E-state index in [0.717, 1.165) is 70.6 Å². The van der Waals surface area contributed by atoms with Gasteiger partial charge in [-0.2, -0.15) is 0 Å². The number of hydrogen-bond donors (Lipinski definition) is 12. The Bertz CT molecular complexity index is 1390. The Balaban J connectivity index is 1.47. The predicted molar refractivity (Wildman–Crippen MR) is 259 cm³/mol. The van der Waals surface area contributed by atoms with Crippen molar-refractivity contribution in [1.82, 2.24) is 5.32 Å². The molecular formula is C51H93NO18. The molecule has 3 rings (SSSR count). The number of nitrogens with one attached hydrogen (secondary N) is 1. The van der Waals surface area contributed by atoms with Crippen LogP contribution in [0.15, 0.2) is 24.3 Å². The van der Waals surface area contributed by atoms with Crippen molar-refractivity contribution in [3.8, 4) is 0 Å². The molecule has 70 heavy (non-hydrogen) atoms. The number of aliphatic hydroxyl groups is 11. The van der Waals surface area contributed by atoms with Gasteiger partial charge in [-0.25, -0.2) is 0 Å². The zero-order valence-corrected chi connectivity index (χ0v) is 42.0. The number of ether oxygens (including phenoxy) is 6. The van der Waals surface area contributed by atoms with Crippen LogP contribution in [0, 0.1) is 0 Å². The van der Waals surface area contributed by atoms with Gasteiger partial charge in [-0.3, -0.25) is 4.79 Å². The van der Waals surface area contributed by atoms with Crippen molar-refractivity contribution in [2.24, 2.45) is 0 Å². The van der Waals surface area contributed by atoms with Crippen LogP contribution in [-0.2, 0) is 33.2 Å². The summed E-state index contributed by atoms with van der Waals surface area (Å²) in [4.78, 5) is 13.2. The van der Waals surface area contributed by atoms with Crippen LogP contribution in [0.5, 0.6) is 0 Å². The quantitative estimate of drug-likeness (QED) is 0.0314. The second-order valence-electron chi connectivity index (χ2n) is 19.3. The monoisotopic (exact) mass is 1010 g/mol. The van der Waals surface area contributed by atoms with Crippen molar-refractivity contribution in [2.75, 3.05) is 26.4 Å². The van der Waals surface area contributed by atoms with E-state index in [4.69, 9.17) is 28.4 Å². The highest BCUT2D eigenvalue weighted by atomic mass is 16.8. The van der Waals surface area contributed by atoms with E-state index in [0.29, 0.717) is 12.8 Å². The molecule has 17 atom stereocenters. The lowest BCUT2D eigenvalue weighted by Crippen LogP contribution is -2.66. The number of carbonyl (C=O) groups is 1. The molecule has 19 nitrogen and oxygen atoms in total. The molecule has 1 amide bonds. The minimum atomic E-state index is -1.97. The third kappa shape index (κ3) is 21.6. The van der Waals surface area contributed by atoms with Gasteiger partial charge in [0.1, 0.15) is 73.2 Å². The lowest BCUT2D eigenvalue weighted by atomic mass is 9.96. The van der Waals surface area contributed by atoms with Gasteiger partial charge in [0.05, 0.1) is 38.6 Å². The van der Waals surface area contributed by atoms with Gasteiger partial charge in [0.15, 0.2) is 18.9 Å². The van der Waals surface area contributed by atoms with Gasteiger partial charge in [-0.05, 0) is 44.9 Å². The molecule has 0 bridgehead atoms. The van der Waals surface area contributed by atoms with Crippen LogP contribution in [0.3, 0.4) is 0 Å². The molecule has 12 N–H and O–H groups in total. The van der Waals surface area contributed by atoms with Crippen LogP contribution in [0.1, 0.15) is 162 Å². The third-order valence-corrected chi connectivity index (χ3v) is 13.5. The average Bonchev–Trinajstić information content (AvgIpc) is 3.35. The third-order valence-electron chi connectivity index (χ3n) is 13.5. The number of amides is 1. The van der Waals surface area contributed by atoms with Crippen molar-refractivity contribution in [1.29, 1.82) is 0 Å². The summed E-state index contributed by atoms with van der Waals surface area (Å²) in [6.07, 6.45) is 6.14. The first kappa shape index (κ1) is 62.6. The van der Waals surface area contributed by atoms with E-state index in [-0.39, 0.29) is 18.9 Å². The average molecular weight is 1010 g/mol. The van der Waals surface area contributed by atoms with Crippen molar-refractivity contribution in [3.05, 3.63) is 24.3 Å². The van der Waals surface area contributed by atoms with E-state index in [1.165, 1.54) is 57.8 Å². The van der Waals surface area contributed by atoms with E-state index in [1.54, 1.807) is 0 Å². The molecule has 3 fully saturated rings. The minimum Gasteiger partial charge on any atom is -0.394 e. The van der Waals surface area contributed by atoms with Gasteiger partial charge >= 0.3 is 0 Å². The molecule has 0 aliphatic carbocycles. The topological polar surface area (TPSA) is 307 Å². The van der Waals surface area contributed by atoms with E-state index >= 15 is 0 Å². The fourth-order valence-electron chi connectivity index (χ4n) is 9.05. The first-order valence-corrected chi connectivity index (χ1v) is 26.6. The van der Waals surface area contributed by atoms with Gasteiger partial charge in [0, 0.05) is 6.42 Å². The molecule has 0 radical (unpaired) electrons. The Morgan fingerprint density at radius 1 is 0.514 bits per heavy atom. The largest absolute Gasteiger partial charge is 0.394 e. The maximum Gasteiger partial charge on any atom is 0.220 e. The second-order valence-corrected chi connectivity index (χ2v) is 19.3. The van der Waals surface area contributed by atoms with Crippen LogP contribution < -0.4 is 5.32 Å². The fraction of sp³-hybridized carbons (Fsp3) is 0.902. The summed E-state index contributed by atoms with van der Waals surface area (Å²) in [5, 5.41) is 119. The van der Waals surface area contributed by atoms with Gasteiger partial charge < -0.3 is 89.9 Å². The van der Waals surface area contributed by atoms with Gasteiger partial charge in [0.25, 0.3) is 0 Å². The normalized spacial score (nSPS) is 32.7. The number of carbonyl (C=O) groups excluding carboxylic acids is 1. The Labute approximate surface area is 416 Å². The Kier molecular flexibility index (Phi) is 32.4. The van der Waals surface area contributed by atoms with E-state index in [1.807, 2.05) is 0 Å². The Morgan fingerprint density at radius 2 is 0.943 bits per heavy atom. The zero-order valence-electron chi connectivity index (χ0n) is 42.0. The smallest absolute Gasteiger partial charge is 0.220 e. The number of unbranched alkanes of at least 4 members (excludes halogenated alkanes) is 17. The summed E-state index contributed by atoms with van der Waals surface area (Å²) in [5.74, 6) is -0.255. The SMILES string of the molecule is CCCCC/C=C\C/C=C\CCCCCCCCCCCC(=O)NC(COC1OC(CO)C(OC2OC(CO)C(OC3OC(CO)C(O)C(O)C3O)C(O)C2O)C(O)C1O)C(O)CCCCCCCC. The van der Waals surface area contributed by atoms with Crippen LogP contribution in [0.4, 0.5) is 0 Å². The van der Waals surface area contributed by atoms with Crippen LogP contribution in [0.2, 0.25) is 0 Å². The molecule has 3 aliphatic heterocycles. The van der Waals surface area contributed by atoms with Crippen LogP contribution >= 0.6 is 0 Å². The lowest BCUT2D eigenvalue weighted by molar-refractivity contribution is -0.379. The molecular weight excluding hydrogens is 915 g/mol.